The highest BCUT2D eigenvalue weighted by Crippen LogP contribution is 2.59. The van der Waals surface area contributed by atoms with E-state index >= 15 is 0 Å². The van der Waals surface area contributed by atoms with Crippen molar-refractivity contribution in [2.45, 2.75) is 114 Å². The van der Waals surface area contributed by atoms with Crippen molar-refractivity contribution in [3.8, 4) is 11.1 Å². The number of fused-ring (bicyclic) bond motifs is 3. The summed E-state index contributed by atoms with van der Waals surface area (Å²) >= 11 is 0. The molecule has 0 aromatic heterocycles. The lowest BCUT2D eigenvalue weighted by molar-refractivity contribution is -0.134. The number of ether oxygens (including phenoxy) is 1. The summed E-state index contributed by atoms with van der Waals surface area (Å²) in [4.78, 5) is 115. The number of ketones is 2. The fourth-order valence-corrected chi connectivity index (χ4v) is 10.2. The van der Waals surface area contributed by atoms with E-state index in [4.69, 9.17) is 16.2 Å². The first-order chi connectivity index (χ1) is 38.2. The summed E-state index contributed by atoms with van der Waals surface area (Å²) in [6.07, 6.45) is 0.519. The van der Waals surface area contributed by atoms with Crippen molar-refractivity contribution in [2.75, 3.05) is 19.7 Å². The van der Waals surface area contributed by atoms with Crippen LogP contribution in [-0.2, 0) is 58.2 Å². The molecule has 0 fully saturated rings. The summed E-state index contributed by atoms with van der Waals surface area (Å²) in [7, 11) is -5.95. The number of nitrogens with two attached hydrogens (primary N) is 2. The minimum atomic E-state index is -5.95. The van der Waals surface area contributed by atoms with Crippen LogP contribution in [0.25, 0.3) is 11.1 Å². The molecule has 0 spiro atoms. The number of carbonyl (C=O) groups is 7. The van der Waals surface area contributed by atoms with Gasteiger partial charge in [0, 0.05) is 48.3 Å². The number of carbonyl (C=O) groups excluding carboxylic acids is 7. The Kier molecular flexibility index (Phi) is 22.5. The Morgan fingerprint density at radius 1 is 0.650 bits per heavy atom. The van der Waals surface area contributed by atoms with Gasteiger partial charge in [0.15, 0.2) is 11.6 Å². The van der Waals surface area contributed by atoms with Crippen molar-refractivity contribution in [3.05, 3.63) is 166 Å². The zero-order valence-corrected chi connectivity index (χ0v) is 45.8. The first kappa shape index (κ1) is 61.8. The van der Waals surface area contributed by atoms with Crippen LogP contribution in [0.2, 0.25) is 0 Å². The van der Waals surface area contributed by atoms with Crippen LogP contribution in [-0.4, -0.2) is 88.9 Å². The summed E-state index contributed by atoms with van der Waals surface area (Å²) in [5.74, 6) is -6.41. The lowest BCUT2D eigenvalue weighted by Gasteiger charge is -2.25. The number of alkyl carbamates (subject to hydrolysis) is 1. The van der Waals surface area contributed by atoms with Crippen molar-refractivity contribution in [2.24, 2.45) is 23.3 Å². The average Bonchev–Trinajstić information content (AvgIpc) is 3.78. The molecular formula is C60H71F2N6O11P. The predicted octanol–water partition coefficient (Wildman–Crippen LogP) is 7.52. The number of alkyl halides is 2. The number of primary amides is 1. The van der Waals surface area contributed by atoms with Crippen LogP contribution < -0.4 is 32.7 Å². The van der Waals surface area contributed by atoms with Crippen LogP contribution in [0, 0.1) is 11.8 Å². The van der Waals surface area contributed by atoms with E-state index in [1.54, 1.807) is 42.5 Å². The fraction of sp³-hybridized carbons (Fsp3) is 0.383. The maximum atomic E-state index is 14.8. The topological polar surface area (TPSA) is 286 Å². The molecule has 1 aliphatic carbocycles. The summed E-state index contributed by atoms with van der Waals surface area (Å²) in [6, 6.07) is 31.8. The second kappa shape index (κ2) is 29.1. The third kappa shape index (κ3) is 17.0. The van der Waals surface area contributed by atoms with Crippen molar-refractivity contribution >= 4 is 48.9 Å². The standard InChI is InChI=1S/C60H71F2N6O11P/c1-3-39-23-27-42(28-24-39)57(73)65-32-14-12-21-50(53(69)33-38(2)56(72)67-51(55(64)71)22-11-13-31-63)66-58(74)43(34-41-25-29-44(30-26-41)60(61,62)80(76,77)78)36-54(70)52(35-40-15-5-4-6-16-40)68-59(75)79-37-49-47-19-9-7-17-45(47)46-18-8-10-20-48(46)49/h4-10,15-20,23-30,38,43,49-52H,3,11-14,21-22,31-37,63H2,1-2H3,(H2,64,71)(H,65,73)(H,66,74)(H,67,72)(H,68,75)(H2,76,77,78). The molecule has 6 rings (SSSR count). The minimum absolute atomic E-state index is 0.00970. The Balaban J connectivity index is 1.25. The van der Waals surface area contributed by atoms with Gasteiger partial charge in [-0.3, -0.25) is 33.3 Å². The molecule has 10 N–H and O–H groups in total. The fourth-order valence-electron chi connectivity index (χ4n) is 9.72. The number of rotatable bonds is 31. The summed E-state index contributed by atoms with van der Waals surface area (Å²) in [5.41, 5.74) is 12.0. The number of hydrogen-bond acceptors (Lipinski definition) is 10. The van der Waals surface area contributed by atoms with Gasteiger partial charge < -0.3 is 47.3 Å². The zero-order chi connectivity index (χ0) is 58.0. The molecule has 0 saturated carbocycles. The largest absolute Gasteiger partial charge is 0.449 e. The quantitative estimate of drug-likeness (QED) is 0.0158. The van der Waals surface area contributed by atoms with Gasteiger partial charge in [0.1, 0.15) is 12.6 Å². The van der Waals surface area contributed by atoms with Gasteiger partial charge in [-0.1, -0.05) is 129 Å². The molecule has 5 amide bonds. The first-order valence-corrected chi connectivity index (χ1v) is 28.5. The highest BCUT2D eigenvalue weighted by atomic mass is 31.2. The molecule has 5 unspecified atom stereocenters. The number of hydrogen-bond donors (Lipinski definition) is 8. The zero-order valence-electron chi connectivity index (χ0n) is 44.9. The Morgan fingerprint density at radius 2 is 1.20 bits per heavy atom. The Hall–Kier alpha value is -7.44. The van der Waals surface area contributed by atoms with E-state index in [0.29, 0.717) is 36.9 Å². The van der Waals surface area contributed by atoms with Crippen LogP contribution >= 0.6 is 7.60 Å². The SMILES string of the molecule is CCc1ccc(C(=O)NCCCCC(NC(=O)C(CC(=O)C(Cc2ccccc2)NC(=O)OCC2c3ccccc3-c3ccccc32)Cc2ccc(C(F)(F)P(=O)(O)O)cc2)C(=O)CC(C)C(=O)NC(CCCCN)C(N)=O)cc1. The van der Waals surface area contributed by atoms with Crippen LogP contribution in [0.1, 0.15) is 115 Å². The van der Waals surface area contributed by atoms with Gasteiger partial charge in [0.05, 0.1) is 12.1 Å². The minimum Gasteiger partial charge on any atom is -0.449 e. The van der Waals surface area contributed by atoms with Crippen LogP contribution in [0.4, 0.5) is 13.6 Å². The molecular weight excluding hydrogens is 1050 g/mol. The Morgan fingerprint density at radius 3 is 1.80 bits per heavy atom. The van der Waals surface area contributed by atoms with Crippen molar-refractivity contribution < 1.29 is 61.4 Å². The van der Waals surface area contributed by atoms with Crippen LogP contribution in [0.15, 0.2) is 127 Å². The normalized spacial score (nSPS) is 14.0. The van der Waals surface area contributed by atoms with Crippen LogP contribution in [0.3, 0.4) is 0 Å². The molecule has 0 heterocycles. The lowest BCUT2D eigenvalue weighted by atomic mass is 9.88. The van der Waals surface area contributed by atoms with E-state index in [1.165, 1.54) is 6.92 Å². The summed E-state index contributed by atoms with van der Waals surface area (Å²) in [5, 5.41) is 11.0. The third-order valence-corrected chi connectivity index (χ3v) is 15.4. The van der Waals surface area contributed by atoms with Crippen molar-refractivity contribution in [1.82, 2.24) is 21.3 Å². The van der Waals surface area contributed by atoms with Gasteiger partial charge in [-0.05, 0) is 115 Å². The number of aryl methyl sites for hydroxylation is 1. The number of halogens is 2. The Bertz CT molecular complexity index is 2950. The number of unbranched alkanes of at least 4 members (excludes halogenated alkanes) is 2. The number of benzene rings is 5. The molecule has 5 aromatic carbocycles. The van der Waals surface area contributed by atoms with E-state index < -0.39 is 97.0 Å². The average molecular weight is 1120 g/mol. The second-order valence-corrected chi connectivity index (χ2v) is 21.9. The molecule has 1 aliphatic rings. The number of nitrogens with one attached hydrogen (secondary N) is 4. The highest BCUT2D eigenvalue weighted by molar-refractivity contribution is 7.52. The van der Waals surface area contributed by atoms with E-state index in [0.717, 1.165) is 58.5 Å². The molecule has 20 heteroatoms. The van der Waals surface area contributed by atoms with E-state index in [1.807, 2.05) is 67.6 Å². The molecule has 5 aromatic rings. The molecule has 5 atom stereocenters. The summed E-state index contributed by atoms with van der Waals surface area (Å²) in [6.45, 7) is 3.98. The predicted molar refractivity (Wildman–Crippen MR) is 298 cm³/mol. The van der Waals surface area contributed by atoms with E-state index in [9.17, 15) is 56.7 Å². The number of amides is 5. The van der Waals surface area contributed by atoms with E-state index in [-0.39, 0.29) is 62.6 Å². The molecule has 0 saturated heterocycles. The van der Waals surface area contributed by atoms with Gasteiger partial charge in [0.2, 0.25) is 17.7 Å². The second-order valence-electron chi connectivity index (χ2n) is 20.2. The molecule has 80 heavy (non-hydrogen) atoms. The highest BCUT2D eigenvalue weighted by Gasteiger charge is 2.50. The molecule has 0 aliphatic heterocycles. The van der Waals surface area contributed by atoms with E-state index in [2.05, 4.69) is 21.3 Å². The number of Topliss-reactive ketones (excluding diaryl/α,β-unsaturated/α-hetero) is 2. The molecule has 17 nitrogen and oxygen atoms in total. The monoisotopic (exact) mass is 1120 g/mol. The first-order valence-electron chi connectivity index (χ1n) is 26.9. The van der Waals surface area contributed by atoms with Gasteiger partial charge in [0.25, 0.3) is 5.91 Å². The molecule has 426 valence electrons. The van der Waals surface area contributed by atoms with Crippen molar-refractivity contribution in [1.29, 1.82) is 0 Å². The third-order valence-electron chi connectivity index (χ3n) is 14.4. The van der Waals surface area contributed by atoms with Crippen LogP contribution in [0.5, 0.6) is 0 Å². The van der Waals surface area contributed by atoms with Gasteiger partial charge >= 0.3 is 19.4 Å². The maximum Gasteiger partial charge on any atom is 0.407 e. The Labute approximate surface area is 464 Å². The van der Waals surface area contributed by atoms with Gasteiger partial charge in [-0.25, -0.2) is 4.79 Å². The molecule has 0 radical (unpaired) electrons. The lowest BCUT2D eigenvalue weighted by Crippen LogP contribution is -2.49. The smallest absolute Gasteiger partial charge is 0.407 e. The summed E-state index contributed by atoms with van der Waals surface area (Å²) < 4.78 is 47.2. The van der Waals surface area contributed by atoms with Gasteiger partial charge in [-0.2, -0.15) is 8.78 Å². The van der Waals surface area contributed by atoms with Gasteiger partial charge in [-0.15, -0.1) is 0 Å². The molecule has 0 bridgehead atoms. The maximum absolute atomic E-state index is 14.8. The van der Waals surface area contributed by atoms with Crippen molar-refractivity contribution in [3.63, 3.8) is 0 Å².